The number of hydrogen-bond donors (Lipinski definition) is 2. The minimum Gasteiger partial charge on any atom is -0.494 e. The Morgan fingerprint density at radius 1 is 1.07 bits per heavy atom. The number of aromatic hydroxyl groups is 2. The summed E-state index contributed by atoms with van der Waals surface area (Å²) in [4.78, 5) is 2.53. The van der Waals surface area contributed by atoms with Crippen molar-refractivity contribution in [2.24, 2.45) is 0 Å². The minimum absolute atomic E-state index is 0.0378. The maximum absolute atomic E-state index is 9.83. The molecule has 148 valence electrons. The normalized spacial score (nSPS) is 17.2. The van der Waals surface area contributed by atoms with E-state index in [9.17, 15) is 10.2 Å². The van der Waals surface area contributed by atoms with Gasteiger partial charge in [0, 0.05) is 24.7 Å². The molecule has 1 aliphatic heterocycles. The molecule has 1 saturated heterocycles. The standard InChI is InChI=1S/C21H26N4O3/c1-16-4-2-11-23(16)12-3-13-28-19-7-5-17(6-8-19)24-15-18(14-22-24)25-20(26)9-10-21(25)27/h5-10,14-16,26-27H,2-4,11-13H2,1H3. The van der Waals surface area contributed by atoms with Gasteiger partial charge in [-0.25, -0.2) is 9.25 Å². The molecule has 28 heavy (non-hydrogen) atoms. The van der Waals surface area contributed by atoms with E-state index in [4.69, 9.17) is 4.74 Å². The number of rotatable bonds is 7. The van der Waals surface area contributed by atoms with Gasteiger partial charge < -0.3 is 19.8 Å². The summed E-state index contributed by atoms with van der Waals surface area (Å²) in [6.07, 6.45) is 6.97. The van der Waals surface area contributed by atoms with E-state index < -0.39 is 0 Å². The second kappa shape index (κ2) is 7.98. The Kier molecular flexibility index (Phi) is 5.25. The van der Waals surface area contributed by atoms with Gasteiger partial charge in [-0.2, -0.15) is 5.10 Å². The van der Waals surface area contributed by atoms with E-state index in [0.29, 0.717) is 18.3 Å². The Bertz CT molecular complexity index is 897. The molecule has 3 heterocycles. The molecule has 0 bridgehead atoms. The van der Waals surface area contributed by atoms with E-state index in [0.717, 1.165) is 24.4 Å². The molecule has 0 amide bonds. The van der Waals surface area contributed by atoms with E-state index in [2.05, 4.69) is 16.9 Å². The van der Waals surface area contributed by atoms with Crippen molar-refractivity contribution in [2.75, 3.05) is 19.7 Å². The van der Waals surface area contributed by atoms with Crippen LogP contribution in [0, 0.1) is 0 Å². The maximum Gasteiger partial charge on any atom is 0.198 e. The third kappa shape index (κ3) is 3.84. The Hall–Kier alpha value is -2.93. The second-order valence-electron chi connectivity index (χ2n) is 7.25. The van der Waals surface area contributed by atoms with Crippen molar-refractivity contribution in [1.82, 2.24) is 19.2 Å². The predicted octanol–water partition coefficient (Wildman–Crippen LogP) is 3.33. The molecule has 0 aliphatic carbocycles. The molecule has 1 fully saturated rings. The van der Waals surface area contributed by atoms with Crippen molar-refractivity contribution < 1.29 is 14.9 Å². The first-order valence-electron chi connectivity index (χ1n) is 9.74. The second-order valence-corrected chi connectivity index (χ2v) is 7.25. The van der Waals surface area contributed by atoms with E-state index in [1.54, 1.807) is 17.1 Å². The zero-order valence-corrected chi connectivity index (χ0v) is 16.0. The largest absolute Gasteiger partial charge is 0.494 e. The van der Waals surface area contributed by atoms with E-state index >= 15 is 0 Å². The van der Waals surface area contributed by atoms with Crippen LogP contribution in [-0.4, -0.2) is 55.2 Å². The van der Waals surface area contributed by atoms with Gasteiger partial charge in [-0.05, 0) is 57.0 Å². The highest BCUT2D eigenvalue weighted by Gasteiger charge is 2.19. The number of nitrogens with zero attached hydrogens (tertiary/aromatic N) is 4. The fourth-order valence-corrected chi connectivity index (χ4v) is 3.73. The van der Waals surface area contributed by atoms with Crippen LogP contribution in [0.25, 0.3) is 11.4 Å². The summed E-state index contributed by atoms with van der Waals surface area (Å²) in [5, 5.41) is 24.0. The van der Waals surface area contributed by atoms with Crippen molar-refractivity contribution in [3.05, 3.63) is 48.8 Å². The highest BCUT2D eigenvalue weighted by Crippen LogP contribution is 2.27. The average Bonchev–Trinajstić information content (AvgIpc) is 3.41. The molecule has 1 aliphatic rings. The Morgan fingerprint density at radius 3 is 2.50 bits per heavy atom. The van der Waals surface area contributed by atoms with Gasteiger partial charge in [-0.1, -0.05) is 0 Å². The predicted molar refractivity (Wildman–Crippen MR) is 107 cm³/mol. The molecule has 1 unspecified atom stereocenters. The average molecular weight is 382 g/mol. The van der Waals surface area contributed by atoms with Gasteiger partial charge in [0.05, 0.1) is 30.4 Å². The highest BCUT2D eigenvalue weighted by atomic mass is 16.5. The summed E-state index contributed by atoms with van der Waals surface area (Å²) in [6, 6.07) is 11.3. The van der Waals surface area contributed by atoms with Crippen molar-refractivity contribution in [1.29, 1.82) is 0 Å². The third-order valence-electron chi connectivity index (χ3n) is 5.32. The molecule has 7 heteroatoms. The van der Waals surface area contributed by atoms with Crippen molar-refractivity contribution >= 4 is 0 Å². The van der Waals surface area contributed by atoms with Gasteiger partial charge in [-0.15, -0.1) is 0 Å². The number of aromatic nitrogens is 3. The fraction of sp³-hybridized carbons (Fsp3) is 0.381. The van der Waals surface area contributed by atoms with Gasteiger partial charge >= 0.3 is 0 Å². The Labute approximate surface area is 164 Å². The number of likely N-dealkylation sites (tertiary alicyclic amines) is 1. The van der Waals surface area contributed by atoms with Gasteiger partial charge in [0.25, 0.3) is 0 Å². The molecule has 1 atom stereocenters. The van der Waals surface area contributed by atoms with E-state index in [1.807, 2.05) is 24.3 Å². The third-order valence-corrected chi connectivity index (χ3v) is 5.32. The van der Waals surface area contributed by atoms with Gasteiger partial charge in [0.1, 0.15) is 5.75 Å². The lowest BCUT2D eigenvalue weighted by molar-refractivity contribution is 0.230. The molecule has 2 aromatic heterocycles. The molecule has 2 N–H and O–H groups in total. The number of ether oxygens (including phenoxy) is 1. The van der Waals surface area contributed by atoms with Crippen LogP contribution in [0.4, 0.5) is 0 Å². The zero-order chi connectivity index (χ0) is 19.5. The van der Waals surface area contributed by atoms with Crippen molar-refractivity contribution in [3.8, 4) is 28.9 Å². The number of benzene rings is 1. The van der Waals surface area contributed by atoms with Crippen LogP contribution in [0.3, 0.4) is 0 Å². The van der Waals surface area contributed by atoms with Gasteiger partial charge in [-0.3, -0.25) is 0 Å². The van der Waals surface area contributed by atoms with Crippen LogP contribution in [-0.2, 0) is 0 Å². The molecule has 0 spiro atoms. The molecule has 4 rings (SSSR count). The first-order chi connectivity index (χ1) is 13.6. The monoisotopic (exact) mass is 382 g/mol. The van der Waals surface area contributed by atoms with Crippen LogP contribution in [0.15, 0.2) is 48.8 Å². The lowest BCUT2D eigenvalue weighted by Crippen LogP contribution is -2.28. The first-order valence-corrected chi connectivity index (χ1v) is 9.74. The fourth-order valence-electron chi connectivity index (χ4n) is 3.73. The Morgan fingerprint density at radius 2 is 1.82 bits per heavy atom. The summed E-state index contributed by atoms with van der Waals surface area (Å²) in [7, 11) is 0. The lowest BCUT2D eigenvalue weighted by atomic mass is 10.2. The van der Waals surface area contributed by atoms with Crippen molar-refractivity contribution in [3.63, 3.8) is 0 Å². The van der Waals surface area contributed by atoms with Gasteiger partial charge in [0.15, 0.2) is 11.8 Å². The summed E-state index contributed by atoms with van der Waals surface area (Å²) in [5.74, 6) is 0.763. The Balaban J connectivity index is 1.33. The first kappa shape index (κ1) is 18.4. The van der Waals surface area contributed by atoms with Crippen molar-refractivity contribution in [2.45, 2.75) is 32.2 Å². The quantitative estimate of drug-likeness (QED) is 0.613. The van der Waals surface area contributed by atoms with Crippen LogP contribution >= 0.6 is 0 Å². The molecule has 1 aromatic carbocycles. The molecular formula is C21H26N4O3. The van der Waals surface area contributed by atoms with Crippen LogP contribution < -0.4 is 4.74 Å². The van der Waals surface area contributed by atoms with Crippen LogP contribution in [0.2, 0.25) is 0 Å². The summed E-state index contributed by atoms with van der Waals surface area (Å²) in [5.41, 5.74) is 1.45. The molecule has 3 aromatic rings. The number of hydrogen-bond acceptors (Lipinski definition) is 5. The lowest BCUT2D eigenvalue weighted by Gasteiger charge is -2.20. The van der Waals surface area contributed by atoms with E-state index in [1.165, 1.54) is 36.1 Å². The maximum atomic E-state index is 9.83. The van der Waals surface area contributed by atoms with E-state index in [-0.39, 0.29) is 11.8 Å². The van der Waals surface area contributed by atoms with Gasteiger partial charge in [0.2, 0.25) is 0 Å². The summed E-state index contributed by atoms with van der Waals surface area (Å²) < 4.78 is 8.87. The van der Waals surface area contributed by atoms with Crippen LogP contribution in [0.1, 0.15) is 26.2 Å². The summed E-state index contributed by atoms with van der Waals surface area (Å²) in [6.45, 7) is 5.31. The SMILES string of the molecule is CC1CCCN1CCCOc1ccc(-n2cc(-n3c(O)ccc3O)cn2)cc1. The molecule has 0 saturated carbocycles. The molecule has 7 nitrogen and oxygen atoms in total. The summed E-state index contributed by atoms with van der Waals surface area (Å²) >= 11 is 0. The highest BCUT2D eigenvalue weighted by molar-refractivity contribution is 5.43. The topological polar surface area (TPSA) is 75.7 Å². The minimum atomic E-state index is -0.0378. The molecular weight excluding hydrogens is 356 g/mol. The smallest absolute Gasteiger partial charge is 0.198 e. The van der Waals surface area contributed by atoms with Crippen LogP contribution in [0.5, 0.6) is 17.5 Å². The zero-order valence-electron chi connectivity index (χ0n) is 16.0. The molecule has 0 radical (unpaired) electrons.